The van der Waals surface area contributed by atoms with Crippen LogP contribution in [0.25, 0.3) is 6.08 Å². The molecule has 3 rings (SSSR count). The van der Waals surface area contributed by atoms with Crippen molar-refractivity contribution in [1.82, 2.24) is 10.2 Å². The van der Waals surface area contributed by atoms with E-state index in [0.29, 0.717) is 31.0 Å². The highest BCUT2D eigenvalue weighted by molar-refractivity contribution is 5.97. The summed E-state index contributed by atoms with van der Waals surface area (Å²) in [5.41, 5.74) is 1.85. The lowest BCUT2D eigenvalue weighted by atomic mass is 10.0. The molecule has 0 bridgehead atoms. The van der Waals surface area contributed by atoms with E-state index in [1.54, 1.807) is 17.0 Å². The summed E-state index contributed by atoms with van der Waals surface area (Å²) >= 11 is 0. The molecule has 0 aromatic heterocycles. The molecule has 2 aromatic carbocycles. The molecule has 1 aliphatic heterocycles. The van der Waals surface area contributed by atoms with Gasteiger partial charge in [-0.3, -0.25) is 4.79 Å². The van der Waals surface area contributed by atoms with Crippen molar-refractivity contribution in [2.24, 2.45) is 0 Å². The van der Waals surface area contributed by atoms with Gasteiger partial charge in [0.2, 0.25) is 0 Å². The van der Waals surface area contributed by atoms with Crippen LogP contribution in [-0.2, 0) is 11.3 Å². The van der Waals surface area contributed by atoms with Gasteiger partial charge in [0, 0.05) is 19.1 Å². The lowest BCUT2D eigenvalue weighted by Gasteiger charge is -2.34. The minimum Gasteiger partial charge on any atom is -0.488 e. The molecule has 0 radical (unpaired) electrons. The van der Waals surface area contributed by atoms with E-state index in [9.17, 15) is 9.59 Å². The van der Waals surface area contributed by atoms with Crippen molar-refractivity contribution in [3.05, 3.63) is 71.8 Å². The fourth-order valence-corrected chi connectivity index (χ4v) is 3.62. The van der Waals surface area contributed by atoms with Crippen LogP contribution in [0.5, 0.6) is 5.75 Å². The third kappa shape index (κ3) is 6.61. The molecule has 1 saturated heterocycles. The first kappa shape index (κ1) is 23.4. The number of carbonyl (C=O) groups is 2. The highest BCUT2D eigenvalue weighted by atomic mass is 16.6. The van der Waals surface area contributed by atoms with E-state index in [-0.39, 0.29) is 11.9 Å². The summed E-state index contributed by atoms with van der Waals surface area (Å²) in [6.45, 7) is 10.7. The number of hydrogen-bond donors (Lipinski definition) is 1. The Morgan fingerprint density at radius 1 is 1.19 bits per heavy atom. The first-order chi connectivity index (χ1) is 15.2. The number of nitrogens with zero attached hydrogens (tertiary/aromatic N) is 1. The number of alkyl carbamates (subject to hydrolysis) is 1. The van der Waals surface area contributed by atoms with Gasteiger partial charge in [-0.1, -0.05) is 49.1 Å². The minimum atomic E-state index is -0.563. The SMILES string of the molecule is C=Cc1ccc(C(=O)N2CCC[C@H](NC(=O)OC(C)(C)C)C2)c(OCc2ccccc2)c1. The van der Waals surface area contributed by atoms with Crippen LogP contribution >= 0.6 is 0 Å². The van der Waals surface area contributed by atoms with E-state index >= 15 is 0 Å². The van der Waals surface area contributed by atoms with Gasteiger partial charge in [0.1, 0.15) is 18.0 Å². The molecule has 170 valence electrons. The van der Waals surface area contributed by atoms with Crippen LogP contribution in [0.2, 0.25) is 0 Å². The fraction of sp³-hybridized carbons (Fsp3) is 0.385. The summed E-state index contributed by atoms with van der Waals surface area (Å²) in [7, 11) is 0. The Kier molecular flexibility index (Phi) is 7.57. The number of nitrogens with one attached hydrogen (secondary N) is 1. The molecule has 6 nitrogen and oxygen atoms in total. The molecular formula is C26H32N2O4. The molecule has 2 aromatic rings. The second kappa shape index (κ2) is 10.4. The van der Waals surface area contributed by atoms with E-state index in [2.05, 4.69) is 11.9 Å². The molecule has 1 fully saturated rings. The highest BCUT2D eigenvalue weighted by Crippen LogP contribution is 2.25. The normalized spacial score (nSPS) is 16.2. The lowest BCUT2D eigenvalue weighted by molar-refractivity contribution is 0.0451. The van der Waals surface area contributed by atoms with E-state index < -0.39 is 11.7 Å². The Morgan fingerprint density at radius 2 is 1.94 bits per heavy atom. The van der Waals surface area contributed by atoms with Crippen molar-refractivity contribution in [2.75, 3.05) is 13.1 Å². The average molecular weight is 437 g/mol. The molecule has 1 heterocycles. The zero-order chi connectivity index (χ0) is 23.1. The first-order valence-electron chi connectivity index (χ1n) is 11.0. The number of hydrogen-bond acceptors (Lipinski definition) is 4. The molecule has 1 N–H and O–H groups in total. The maximum Gasteiger partial charge on any atom is 0.407 e. The second-order valence-corrected chi connectivity index (χ2v) is 8.97. The average Bonchev–Trinajstić information content (AvgIpc) is 2.76. The number of rotatable bonds is 6. The smallest absolute Gasteiger partial charge is 0.407 e. The molecule has 0 spiro atoms. The Bertz CT molecular complexity index is 950. The number of piperidine rings is 1. The lowest BCUT2D eigenvalue weighted by Crippen LogP contribution is -2.50. The summed E-state index contributed by atoms with van der Waals surface area (Å²) < 4.78 is 11.4. The quantitative estimate of drug-likeness (QED) is 0.689. The fourth-order valence-electron chi connectivity index (χ4n) is 3.62. The minimum absolute atomic E-state index is 0.112. The Morgan fingerprint density at radius 3 is 2.62 bits per heavy atom. The molecule has 0 unspecified atom stereocenters. The summed E-state index contributed by atoms with van der Waals surface area (Å²) in [6.07, 6.45) is 2.87. The Labute approximate surface area is 190 Å². The number of benzene rings is 2. The molecule has 1 aliphatic rings. The third-order valence-corrected chi connectivity index (χ3v) is 5.14. The third-order valence-electron chi connectivity index (χ3n) is 5.14. The number of likely N-dealkylation sites (tertiary alicyclic amines) is 1. The molecule has 2 amide bonds. The van der Waals surface area contributed by atoms with Crippen molar-refractivity contribution < 1.29 is 19.1 Å². The van der Waals surface area contributed by atoms with E-state index in [0.717, 1.165) is 24.0 Å². The van der Waals surface area contributed by atoms with E-state index in [1.807, 2.05) is 63.2 Å². The Hall–Kier alpha value is -3.28. The predicted molar refractivity (Wildman–Crippen MR) is 126 cm³/mol. The van der Waals surface area contributed by atoms with Crippen molar-refractivity contribution in [1.29, 1.82) is 0 Å². The van der Waals surface area contributed by atoms with Crippen LogP contribution in [0.3, 0.4) is 0 Å². The molecule has 0 aliphatic carbocycles. The zero-order valence-corrected chi connectivity index (χ0v) is 19.1. The van der Waals surface area contributed by atoms with Crippen LogP contribution < -0.4 is 10.1 Å². The maximum atomic E-state index is 13.4. The van der Waals surface area contributed by atoms with Crippen molar-refractivity contribution in [2.45, 2.75) is 51.9 Å². The maximum absolute atomic E-state index is 13.4. The standard InChI is InChI=1S/C26H32N2O4/c1-5-19-13-14-22(23(16-19)31-18-20-10-7-6-8-11-20)24(29)28-15-9-12-21(17-28)27-25(30)32-26(2,3)4/h5-8,10-11,13-14,16,21H,1,9,12,15,17-18H2,2-4H3,(H,27,30)/t21-/m0/s1. The molecular weight excluding hydrogens is 404 g/mol. The largest absolute Gasteiger partial charge is 0.488 e. The molecule has 0 saturated carbocycles. The number of carbonyl (C=O) groups excluding carboxylic acids is 2. The molecule has 6 heteroatoms. The predicted octanol–water partition coefficient (Wildman–Crippen LogP) is 5.04. The van der Waals surface area contributed by atoms with Crippen LogP contribution in [0, 0.1) is 0 Å². The van der Waals surface area contributed by atoms with Gasteiger partial charge in [0.05, 0.1) is 5.56 Å². The van der Waals surface area contributed by atoms with E-state index in [4.69, 9.17) is 9.47 Å². The summed E-state index contributed by atoms with van der Waals surface area (Å²) in [5, 5.41) is 2.89. The van der Waals surface area contributed by atoms with Gasteiger partial charge in [0.25, 0.3) is 5.91 Å². The van der Waals surface area contributed by atoms with Gasteiger partial charge >= 0.3 is 6.09 Å². The van der Waals surface area contributed by atoms with Gasteiger partial charge in [-0.05, 0) is 56.9 Å². The number of amides is 2. The van der Waals surface area contributed by atoms with Crippen molar-refractivity contribution in [3.63, 3.8) is 0 Å². The van der Waals surface area contributed by atoms with Gasteiger partial charge in [-0.25, -0.2) is 4.79 Å². The van der Waals surface area contributed by atoms with Crippen LogP contribution in [0.4, 0.5) is 4.79 Å². The van der Waals surface area contributed by atoms with Gasteiger partial charge in [-0.2, -0.15) is 0 Å². The van der Waals surface area contributed by atoms with Gasteiger partial charge in [0.15, 0.2) is 0 Å². The van der Waals surface area contributed by atoms with Crippen molar-refractivity contribution in [3.8, 4) is 5.75 Å². The monoisotopic (exact) mass is 436 g/mol. The summed E-state index contributed by atoms with van der Waals surface area (Å²) in [6, 6.07) is 15.2. The topological polar surface area (TPSA) is 67.9 Å². The highest BCUT2D eigenvalue weighted by Gasteiger charge is 2.28. The van der Waals surface area contributed by atoms with Crippen molar-refractivity contribution >= 4 is 18.1 Å². The first-order valence-corrected chi connectivity index (χ1v) is 11.0. The number of ether oxygens (including phenoxy) is 2. The molecule has 1 atom stereocenters. The van der Waals surface area contributed by atoms with Gasteiger partial charge in [-0.15, -0.1) is 0 Å². The van der Waals surface area contributed by atoms with E-state index in [1.165, 1.54) is 0 Å². The summed E-state index contributed by atoms with van der Waals surface area (Å²) in [4.78, 5) is 27.3. The second-order valence-electron chi connectivity index (χ2n) is 8.97. The van der Waals surface area contributed by atoms with Gasteiger partial charge < -0.3 is 19.7 Å². The Balaban J connectivity index is 1.71. The molecule has 32 heavy (non-hydrogen) atoms. The summed E-state index contributed by atoms with van der Waals surface area (Å²) in [5.74, 6) is 0.415. The zero-order valence-electron chi connectivity index (χ0n) is 19.1. The van der Waals surface area contributed by atoms with Crippen LogP contribution in [0.1, 0.15) is 55.1 Å². The van der Waals surface area contributed by atoms with Crippen LogP contribution in [0.15, 0.2) is 55.1 Å². The van der Waals surface area contributed by atoms with Crippen LogP contribution in [-0.4, -0.2) is 41.6 Å².